The monoisotopic (exact) mass is 333 g/mol. The van der Waals surface area contributed by atoms with E-state index in [-0.39, 0.29) is 17.2 Å². The molecule has 1 N–H and O–H groups in total. The quantitative estimate of drug-likeness (QED) is 0.840. The minimum Gasteiger partial charge on any atom is -0.496 e. The van der Waals surface area contributed by atoms with Gasteiger partial charge in [-0.15, -0.1) is 11.6 Å². The average molecular weight is 335 g/mol. The Morgan fingerprint density at radius 3 is 2.72 bits per heavy atom. The molecule has 18 heavy (non-hydrogen) atoms. The van der Waals surface area contributed by atoms with E-state index in [4.69, 9.17) is 16.3 Å². The lowest BCUT2D eigenvalue weighted by molar-refractivity contribution is -0.118. The number of methoxy groups -OCH3 is 1. The van der Waals surface area contributed by atoms with Gasteiger partial charge in [0.25, 0.3) is 0 Å². The second-order valence-corrected chi connectivity index (χ2v) is 5.82. The van der Waals surface area contributed by atoms with Gasteiger partial charge in [0.15, 0.2) is 0 Å². The first-order valence-electron chi connectivity index (χ1n) is 5.57. The second-order valence-electron chi connectivity index (χ2n) is 4.64. The summed E-state index contributed by atoms with van der Waals surface area (Å²) < 4.78 is 6.34. The first-order chi connectivity index (χ1) is 8.40. The van der Waals surface area contributed by atoms with E-state index < -0.39 is 0 Å². The van der Waals surface area contributed by atoms with Gasteiger partial charge in [-0.3, -0.25) is 4.79 Å². The summed E-state index contributed by atoms with van der Waals surface area (Å²) in [4.78, 5) is 11.2. The Bertz CT molecular complexity index is 435. The Hall–Kier alpha value is -0.740. The van der Waals surface area contributed by atoms with Gasteiger partial charge in [-0.1, -0.05) is 29.8 Å². The van der Waals surface area contributed by atoms with Crippen LogP contribution in [-0.4, -0.2) is 25.4 Å². The van der Waals surface area contributed by atoms with E-state index in [1.807, 2.05) is 32.0 Å². The summed E-state index contributed by atoms with van der Waals surface area (Å²) in [6.07, 6.45) is 0. The van der Waals surface area contributed by atoms with Gasteiger partial charge in [0.2, 0.25) is 5.91 Å². The second kappa shape index (κ2) is 6.43. The maximum absolute atomic E-state index is 11.2. The van der Waals surface area contributed by atoms with Crippen molar-refractivity contribution in [3.8, 4) is 5.75 Å². The van der Waals surface area contributed by atoms with Crippen molar-refractivity contribution in [2.45, 2.75) is 19.3 Å². The van der Waals surface area contributed by atoms with Crippen molar-refractivity contribution in [2.24, 2.45) is 0 Å². The highest BCUT2D eigenvalue weighted by atomic mass is 79.9. The smallest absolute Gasteiger partial charge is 0.234 e. The Morgan fingerprint density at radius 1 is 1.50 bits per heavy atom. The summed E-state index contributed by atoms with van der Waals surface area (Å²) in [7, 11) is 1.64. The van der Waals surface area contributed by atoms with Crippen molar-refractivity contribution in [1.29, 1.82) is 0 Å². The van der Waals surface area contributed by atoms with Crippen LogP contribution in [0.4, 0.5) is 0 Å². The third-order valence-corrected chi connectivity index (χ3v) is 3.48. The van der Waals surface area contributed by atoms with Crippen LogP contribution in [-0.2, 0) is 10.2 Å². The molecule has 1 aromatic rings. The van der Waals surface area contributed by atoms with E-state index in [1.54, 1.807) is 7.11 Å². The summed E-state index contributed by atoms with van der Waals surface area (Å²) >= 11 is 8.91. The lowest BCUT2D eigenvalue weighted by atomic mass is 9.84. The topological polar surface area (TPSA) is 38.3 Å². The molecule has 1 aromatic carbocycles. The largest absolute Gasteiger partial charge is 0.496 e. The van der Waals surface area contributed by atoms with Crippen LogP contribution in [0.5, 0.6) is 5.75 Å². The van der Waals surface area contributed by atoms with Crippen LogP contribution in [0.15, 0.2) is 22.7 Å². The number of benzene rings is 1. The Labute approximate surface area is 121 Å². The van der Waals surface area contributed by atoms with E-state index >= 15 is 0 Å². The van der Waals surface area contributed by atoms with Crippen molar-refractivity contribution in [3.05, 3.63) is 28.2 Å². The van der Waals surface area contributed by atoms with Crippen molar-refractivity contribution >= 4 is 33.4 Å². The molecule has 0 aliphatic heterocycles. The highest BCUT2D eigenvalue weighted by molar-refractivity contribution is 9.10. The van der Waals surface area contributed by atoms with Crippen LogP contribution >= 0.6 is 27.5 Å². The van der Waals surface area contributed by atoms with Gasteiger partial charge in [-0.05, 0) is 18.2 Å². The summed E-state index contributed by atoms with van der Waals surface area (Å²) in [5, 5.41) is 2.80. The summed E-state index contributed by atoms with van der Waals surface area (Å²) in [5.41, 5.74) is 0.797. The number of carbonyl (C=O) groups excluding carboxylic acids is 1. The zero-order valence-corrected chi connectivity index (χ0v) is 13.1. The van der Waals surface area contributed by atoms with E-state index in [1.165, 1.54) is 0 Å². The zero-order chi connectivity index (χ0) is 13.8. The fraction of sp³-hybridized carbons (Fsp3) is 0.462. The Balaban J connectivity index is 2.95. The number of alkyl halides is 1. The molecule has 5 heteroatoms. The van der Waals surface area contributed by atoms with E-state index in [0.717, 1.165) is 15.8 Å². The molecular formula is C13H17BrClNO2. The maximum Gasteiger partial charge on any atom is 0.234 e. The molecule has 1 rings (SSSR count). The third kappa shape index (κ3) is 3.89. The molecule has 0 aromatic heterocycles. The zero-order valence-electron chi connectivity index (χ0n) is 10.7. The highest BCUT2D eigenvalue weighted by Gasteiger charge is 2.25. The highest BCUT2D eigenvalue weighted by Crippen LogP contribution is 2.33. The van der Waals surface area contributed by atoms with Gasteiger partial charge < -0.3 is 10.1 Å². The fourth-order valence-electron chi connectivity index (χ4n) is 1.67. The van der Waals surface area contributed by atoms with Gasteiger partial charge in [0.1, 0.15) is 11.6 Å². The number of ether oxygens (including phenoxy) is 1. The van der Waals surface area contributed by atoms with Crippen LogP contribution in [0.25, 0.3) is 0 Å². The van der Waals surface area contributed by atoms with Crippen molar-refractivity contribution < 1.29 is 9.53 Å². The molecule has 0 aliphatic carbocycles. The molecule has 0 heterocycles. The van der Waals surface area contributed by atoms with E-state index in [9.17, 15) is 4.79 Å². The third-order valence-electron chi connectivity index (χ3n) is 2.74. The summed E-state index contributed by atoms with van der Waals surface area (Å²) in [5.74, 6) is 0.619. The normalized spacial score (nSPS) is 11.2. The Kier molecular flexibility index (Phi) is 5.47. The molecular weight excluding hydrogens is 318 g/mol. The number of carbonyl (C=O) groups is 1. The van der Waals surface area contributed by atoms with Gasteiger partial charge in [-0.25, -0.2) is 0 Å². The first-order valence-corrected chi connectivity index (χ1v) is 6.90. The first kappa shape index (κ1) is 15.3. The number of rotatable bonds is 5. The number of nitrogens with one attached hydrogen (secondary N) is 1. The van der Waals surface area contributed by atoms with Crippen LogP contribution in [0, 0.1) is 0 Å². The average Bonchev–Trinajstić information content (AvgIpc) is 2.36. The van der Waals surface area contributed by atoms with Gasteiger partial charge in [0, 0.05) is 22.0 Å². The van der Waals surface area contributed by atoms with Gasteiger partial charge in [0.05, 0.1) is 7.11 Å². The minimum absolute atomic E-state index is 0.0221. The fourth-order valence-corrected chi connectivity index (χ4v) is 2.13. The standard InChI is InChI=1S/C13H17BrClNO2/c1-13(2,8-16-12(17)7-15)10-6-9(14)4-5-11(10)18-3/h4-6H,7-8H2,1-3H3,(H,16,17). The Morgan fingerprint density at radius 2 is 2.17 bits per heavy atom. The van der Waals surface area contributed by atoms with Crippen molar-refractivity contribution in [1.82, 2.24) is 5.32 Å². The lowest BCUT2D eigenvalue weighted by Crippen LogP contribution is -2.37. The van der Waals surface area contributed by atoms with Gasteiger partial charge >= 0.3 is 0 Å². The SMILES string of the molecule is COc1ccc(Br)cc1C(C)(C)CNC(=O)CCl. The van der Waals surface area contributed by atoms with Crippen LogP contribution in [0.2, 0.25) is 0 Å². The molecule has 3 nitrogen and oxygen atoms in total. The lowest BCUT2D eigenvalue weighted by Gasteiger charge is -2.27. The summed E-state index contributed by atoms with van der Waals surface area (Å²) in [6.45, 7) is 4.60. The molecule has 0 spiro atoms. The molecule has 100 valence electrons. The number of hydrogen-bond acceptors (Lipinski definition) is 2. The predicted molar refractivity (Wildman–Crippen MR) is 77.4 cm³/mol. The molecule has 0 saturated heterocycles. The maximum atomic E-state index is 11.2. The molecule has 0 bridgehead atoms. The molecule has 0 saturated carbocycles. The molecule has 0 radical (unpaired) electrons. The number of hydrogen-bond donors (Lipinski definition) is 1. The van der Waals surface area contributed by atoms with E-state index in [2.05, 4.69) is 21.2 Å². The van der Waals surface area contributed by atoms with Crippen LogP contribution in [0.1, 0.15) is 19.4 Å². The van der Waals surface area contributed by atoms with Crippen LogP contribution in [0.3, 0.4) is 0 Å². The van der Waals surface area contributed by atoms with Crippen molar-refractivity contribution in [3.63, 3.8) is 0 Å². The molecule has 0 aliphatic rings. The molecule has 0 atom stereocenters. The van der Waals surface area contributed by atoms with Crippen LogP contribution < -0.4 is 10.1 Å². The van der Waals surface area contributed by atoms with Gasteiger partial charge in [-0.2, -0.15) is 0 Å². The molecule has 1 amide bonds. The number of amides is 1. The van der Waals surface area contributed by atoms with E-state index in [0.29, 0.717) is 6.54 Å². The predicted octanol–water partition coefficient (Wildman–Crippen LogP) is 3.09. The molecule has 0 fully saturated rings. The van der Waals surface area contributed by atoms with Crippen molar-refractivity contribution in [2.75, 3.05) is 19.5 Å². The minimum atomic E-state index is -0.239. The summed E-state index contributed by atoms with van der Waals surface area (Å²) in [6, 6.07) is 5.84. The number of halogens is 2. The molecule has 0 unspecified atom stereocenters.